The second-order valence-corrected chi connectivity index (χ2v) is 10.3. The molecule has 0 aliphatic heterocycles. The lowest BCUT2D eigenvalue weighted by molar-refractivity contribution is -0.113. The van der Waals surface area contributed by atoms with E-state index in [1.54, 1.807) is 11.8 Å². The van der Waals surface area contributed by atoms with E-state index in [0.29, 0.717) is 16.0 Å². The van der Waals surface area contributed by atoms with Gasteiger partial charge in [0.25, 0.3) is 0 Å². The van der Waals surface area contributed by atoms with E-state index in [9.17, 15) is 4.79 Å². The molecule has 0 bridgehead atoms. The van der Waals surface area contributed by atoms with Crippen molar-refractivity contribution < 1.29 is 4.79 Å². The number of hydrogen-bond acceptors (Lipinski definition) is 7. The van der Waals surface area contributed by atoms with Crippen LogP contribution in [0.25, 0.3) is 16.9 Å². The largest absolute Gasteiger partial charge is 0.301 e. The quantitative estimate of drug-likeness (QED) is 0.229. The summed E-state index contributed by atoms with van der Waals surface area (Å²) >= 11 is 4.48. The van der Waals surface area contributed by atoms with Crippen LogP contribution in [-0.4, -0.2) is 31.4 Å². The summed E-state index contributed by atoms with van der Waals surface area (Å²) in [4.78, 5) is 18.4. The lowest BCUT2D eigenvalue weighted by Crippen LogP contribution is -2.14. The first kappa shape index (κ1) is 23.3. The number of hydrogen-bond donors (Lipinski definition) is 1. The molecule has 2 aromatic heterocycles. The number of carbonyl (C=O) groups excluding carboxylic acids is 1. The van der Waals surface area contributed by atoms with Gasteiger partial charge in [-0.1, -0.05) is 78.5 Å². The maximum Gasteiger partial charge on any atom is 0.236 e. The van der Waals surface area contributed by atoms with Gasteiger partial charge < -0.3 is 5.32 Å². The van der Waals surface area contributed by atoms with E-state index in [1.165, 1.54) is 28.0 Å². The number of thioether (sulfide) groups is 2. The van der Waals surface area contributed by atoms with E-state index < -0.39 is 0 Å². The van der Waals surface area contributed by atoms with Gasteiger partial charge in [-0.25, -0.2) is 4.98 Å². The molecule has 2 heterocycles. The van der Waals surface area contributed by atoms with Gasteiger partial charge in [-0.05, 0) is 24.3 Å². The van der Waals surface area contributed by atoms with Crippen molar-refractivity contribution in [3.05, 3.63) is 102 Å². The fourth-order valence-corrected chi connectivity index (χ4v) is 5.69. The van der Waals surface area contributed by atoms with Crippen LogP contribution < -0.4 is 5.32 Å². The van der Waals surface area contributed by atoms with Crippen molar-refractivity contribution >= 4 is 45.9 Å². The van der Waals surface area contributed by atoms with Crippen LogP contribution in [0.3, 0.4) is 0 Å². The van der Waals surface area contributed by atoms with E-state index >= 15 is 0 Å². The fourth-order valence-electron chi connectivity index (χ4n) is 3.35. The lowest BCUT2D eigenvalue weighted by Gasteiger charge is -2.10. The van der Waals surface area contributed by atoms with E-state index in [1.807, 2.05) is 88.8 Å². The topological polar surface area (TPSA) is 72.7 Å². The Morgan fingerprint density at radius 2 is 1.54 bits per heavy atom. The summed E-state index contributed by atoms with van der Waals surface area (Å²) in [5.41, 5.74) is 2.84. The van der Waals surface area contributed by atoms with Crippen LogP contribution >= 0.6 is 34.9 Å². The molecule has 1 N–H and O–H groups in total. The van der Waals surface area contributed by atoms with Crippen LogP contribution in [0.5, 0.6) is 0 Å². The molecular weight excluding hydrogens is 495 g/mol. The standard InChI is InChI=1S/C26H21N5OS3/c32-24(28-25-27-22(16-34-25)19-10-4-1-5-11-19)18-35-26-30-29-23(17-33-21-14-8-3-9-15-21)31(26)20-12-6-2-7-13-20/h1-16H,17-18H2,(H,27,28,32). The molecule has 0 atom stereocenters. The highest BCUT2D eigenvalue weighted by Gasteiger charge is 2.17. The normalized spacial score (nSPS) is 10.9. The summed E-state index contributed by atoms with van der Waals surface area (Å²) in [7, 11) is 0. The monoisotopic (exact) mass is 515 g/mol. The zero-order chi connectivity index (χ0) is 23.9. The first-order valence-electron chi connectivity index (χ1n) is 10.9. The molecule has 0 fully saturated rings. The molecule has 174 valence electrons. The fraction of sp³-hybridized carbons (Fsp3) is 0.0769. The summed E-state index contributed by atoms with van der Waals surface area (Å²) in [6.45, 7) is 0. The number of anilines is 1. The molecule has 1 amide bonds. The molecule has 0 aliphatic carbocycles. The van der Waals surface area contributed by atoms with Gasteiger partial charge in [0.1, 0.15) is 5.82 Å². The Morgan fingerprint density at radius 3 is 2.29 bits per heavy atom. The molecule has 0 saturated carbocycles. The highest BCUT2D eigenvalue weighted by molar-refractivity contribution is 7.99. The van der Waals surface area contributed by atoms with Crippen molar-refractivity contribution in [1.82, 2.24) is 19.7 Å². The highest BCUT2D eigenvalue weighted by Crippen LogP contribution is 2.28. The number of aromatic nitrogens is 4. The van der Waals surface area contributed by atoms with Gasteiger partial charge >= 0.3 is 0 Å². The van der Waals surface area contributed by atoms with Gasteiger partial charge in [0, 0.05) is 21.5 Å². The van der Waals surface area contributed by atoms with Crippen LogP contribution in [-0.2, 0) is 10.5 Å². The Bertz CT molecular complexity index is 1390. The third kappa shape index (κ3) is 6.00. The van der Waals surface area contributed by atoms with Crippen molar-refractivity contribution in [2.45, 2.75) is 15.8 Å². The van der Waals surface area contributed by atoms with Gasteiger partial charge in [0.2, 0.25) is 5.91 Å². The number of rotatable bonds is 9. The minimum Gasteiger partial charge on any atom is -0.301 e. The second kappa shape index (κ2) is 11.4. The van der Waals surface area contributed by atoms with Crippen molar-refractivity contribution in [1.29, 1.82) is 0 Å². The maximum absolute atomic E-state index is 12.7. The average molecular weight is 516 g/mol. The van der Waals surface area contributed by atoms with Gasteiger partial charge in [-0.2, -0.15) is 0 Å². The van der Waals surface area contributed by atoms with Crippen molar-refractivity contribution in [3.8, 4) is 16.9 Å². The van der Waals surface area contributed by atoms with Gasteiger partial charge in [0.15, 0.2) is 10.3 Å². The maximum atomic E-state index is 12.7. The number of amides is 1. The number of nitrogens with zero attached hydrogens (tertiary/aromatic N) is 4. The third-order valence-corrected chi connectivity index (χ3v) is 7.67. The molecule has 0 radical (unpaired) electrons. The smallest absolute Gasteiger partial charge is 0.236 e. The molecule has 0 saturated heterocycles. The minimum atomic E-state index is -0.133. The molecule has 0 aliphatic rings. The zero-order valence-electron chi connectivity index (χ0n) is 18.6. The van der Waals surface area contributed by atoms with Crippen LogP contribution in [0.2, 0.25) is 0 Å². The predicted octanol–water partition coefficient (Wildman–Crippen LogP) is 6.41. The molecular formula is C26H21N5OS3. The molecule has 35 heavy (non-hydrogen) atoms. The lowest BCUT2D eigenvalue weighted by atomic mass is 10.2. The summed E-state index contributed by atoms with van der Waals surface area (Å²) in [5.74, 6) is 1.57. The molecule has 6 nitrogen and oxygen atoms in total. The number of carbonyl (C=O) groups is 1. The Balaban J connectivity index is 1.27. The van der Waals surface area contributed by atoms with E-state index in [-0.39, 0.29) is 11.7 Å². The van der Waals surface area contributed by atoms with Gasteiger partial charge in [-0.15, -0.1) is 33.3 Å². The average Bonchev–Trinajstić information content (AvgIpc) is 3.55. The summed E-state index contributed by atoms with van der Waals surface area (Å²) in [5, 5.41) is 14.9. The number of nitrogens with one attached hydrogen (secondary N) is 1. The summed E-state index contributed by atoms with van der Waals surface area (Å²) in [6, 6.07) is 30.1. The van der Waals surface area contributed by atoms with Gasteiger partial charge in [-0.3, -0.25) is 9.36 Å². The van der Waals surface area contributed by atoms with Crippen LogP contribution in [0.4, 0.5) is 5.13 Å². The van der Waals surface area contributed by atoms with Crippen LogP contribution in [0.15, 0.2) is 106 Å². The SMILES string of the molecule is O=C(CSc1nnc(CSc2ccccc2)n1-c1ccccc1)Nc1nc(-c2ccccc2)cs1. The Hall–Kier alpha value is -3.40. The molecule has 5 aromatic rings. The van der Waals surface area contributed by atoms with Crippen LogP contribution in [0.1, 0.15) is 5.82 Å². The first-order chi connectivity index (χ1) is 17.3. The summed E-state index contributed by atoms with van der Waals surface area (Å²) < 4.78 is 2.02. The Morgan fingerprint density at radius 1 is 0.857 bits per heavy atom. The van der Waals surface area contributed by atoms with Crippen molar-refractivity contribution in [2.24, 2.45) is 0 Å². The van der Waals surface area contributed by atoms with Crippen molar-refractivity contribution in [2.75, 3.05) is 11.1 Å². The molecule has 9 heteroatoms. The van der Waals surface area contributed by atoms with Crippen LogP contribution in [0, 0.1) is 0 Å². The predicted molar refractivity (Wildman–Crippen MR) is 144 cm³/mol. The Labute approximate surface area is 215 Å². The Kier molecular flexibility index (Phi) is 7.57. The zero-order valence-corrected chi connectivity index (χ0v) is 21.0. The molecule has 0 unspecified atom stereocenters. The molecule has 0 spiro atoms. The highest BCUT2D eigenvalue weighted by atomic mass is 32.2. The number of benzene rings is 3. The summed E-state index contributed by atoms with van der Waals surface area (Å²) in [6.07, 6.45) is 0. The van der Waals surface area contributed by atoms with Crippen molar-refractivity contribution in [3.63, 3.8) is 0 Å². The number of thiazole rings is 1. The first-order valence-corrected chi connectivity index (χ1v) is 13.7. The minimum absolute atomic E-state index is 0.133. The van der Waals surface area contributed by atoms with Gasteiger partial charge in [0.05, 0.1) is 17.2 Å². The second-order valence-electron chi connectivity index (χ2n) is 7.41. The van der Waals surface area contributed by atoms with E-state index in [0.717, 1.165) is 22.8 Å². The molecule has 3 aromatic carbocycles. The third-order valence-electron chi connectivity index (χ3n) is 4.98. The number of para-hydroxylation sites is 1. The van der Waals surface area contributed by atoms with E-state index in [4.69, 9.17) is 0 Å². The molecule has 5 rings (SSSR count). The van der Waals surface area contributed by atoms with E-state index in [2.05, 4.69) is 32.6 Å².